The lowest BCUT2D eigenvalue weighted by atomic mass is 10.1. The van der Waals surface area contributed by atoms with E-state index in [0.717, 1.165) is 0 Å². The van der Waals surface area contributed by atoms with Crippen molar-refractivity contribution in [2.45, 2.75) is 24.8 Å². The van der Waals surface area contributed by atoms with Gasteiger partial charge in [-0.2, -0.15) is 5.10 Å². The minimum atomic E-state index is 1.21. The molecule has 1 aromatic heterocycles. The molecular formula is C7H10N2S. The predicted molar refractivity (Wildman–Crippen MR) is 42.4 cm³/mol. The number of aryl methyl sites for hydroxylation is 1. The van der Waals surface area contributed by atoms with Crippen molar-refractivity contribution in [1.82, 2.24) is 10.2 Å². The number of aromatic nitrogens is 2. The molecule has 1 aliphatic rings. The van der Waals surface area contributed by atoms with Crippen LogP contribution in [0.2, 0.25) is 0 Å². The van der Waals surface area contributed by atoms with Crippen molar-refractivity contribution in [1.29, 1.82) is 0 Å². The second-order valence-corrected chi connectivity index (χ2v) is 3.67. The first-order valence-corrected chi connectivity index (χ1v) is 4.53. The second-order valence-electron chi connectivity index (χ2n) is 2.58. The monoisotopic (exact) mass is 154 g/mol. The molecule has 1 aromatic rings. The summed E-state index contributed by atoms with van der Waals surface area (Å²) in [5, 5.41) is 8.43. The Bertz CT molecular complexity index is 242. The van der Waals surface area contributed by atoms with Gasteiger partial charge in [0.1, 0.15) is 5.03 Å². The summed E-state index contributed by atoms with van der Waals surface area (Å²) in [4.78, 5) is 0. The topological polar surface area (TPSA) is 28.7 Å². The zero-order valence-electron chi connectivity index (χ0n) is 5.98. The van der Waals surface area contributed by atoms with Crippen molar-refractivity contribution in [3.05, 3.63) is 11.3 Å². The molecule has 0 bridgehead atoms. The van der Waals surface area contributed by atoms with Crippen molar-refractivity contribution in [2.24, 2.45) is 0 Å². The number of nitrogens with one attached hydrogen (secondary N) is 1. The lowest BCUT2D eigenvalue weighted by Crippen LogP contribution is -1.96. The summed E-state index contributed by atoms with van der Waals surface area (Å²) in [7, 11) is 0. The van der Waals surface area contributed by atoms with E-state index < -0.39 is 0 Å². The first-order chi connectivity index (χ1) is 4.88. The van der Waals surface area contributed by atoms with Crippen LogP contribution in [0.15, 0.2) is 5.03 Å². The number of fused-ring (bicyclic) bond motifs is 1. The maximum absolute atomic E-state index is 4.19. The van der Waals surface area contributed by atoms with Gasteiger partial charge in [-0.25, -0.2) is 0 Å². The lowest BCUT2D eigenvalue weighted by Gasteiger charge is -2.08. The van der Waals surface area contributed by atoms with Gasteiger partial charge in [-0.15, -0.1) is 11.8 Å². The molecule has 54 valence electrons. The highest BCUT2D eigenvalue weighted by atomic mass is 32.2. The molecule has 0 fully saturated rings. The van der Waals surface area contributed by atoms with E-state index in [-0.39, 0.29) is 0 Å². The third kappa shape index (κ3) is 0.850. The Morgan fingerprint density at radius 2 is 2.50 bits per heavy atom. The van der Waals surface area contributed by atoms with Crippen molar-refractivity contribution in [3.8, 4) is 0 Å². The van der Waals surface area contributed by atoms with E-state index in [2.05, 4.69) is 17.1 Å². The number of nitrogens with zero attached hydrogens (tertiary/aromatic N) is 1. The van der Waals surface area contributed by atoms with E-state index in [0.29, 0.717) is 0 Å². The first kappa shape index (κ1) is 6.28. The zero-order chi connectivity index (χ0) is 6.97. The number of rotatable bonds is 0. The van der Waals surface area contributed by atoms with Gasteiger partial charge in [-0.1, -0.05) is 0 Å². The van der Waals surface area contributed by atoms with E-state index in [4.69, 9.17) is 0 Å². The van der Waals surface area contributed by atoms with Gasteiger partial charge in [-0.05, 0) is 25.5 Å². The number of aromatic amines is 1. The van der Waals surface area contributed by atoms with Crippen LogP contribution in [0, 0.1) is 6.92 Å². The molecule has 0 atom stereocenters. The van der Waals surface area contributed by atoms with E-state index in [1.807, 2.05) is 11.8 Å². The molecule has 0 aliphatic carbocycles. The maximum atomic E-state index is 4.19. The van der Waals surface area contributed by atoms with E-state index in [9.17, 15) is 0 Å². The smallest absolute Gasteiger partial charge is 0.121 e. The molecule has 0 aromatic carbocycles. The summed E-state index contributed by atoms with van der Waals surface area (Å²) in [5.74, 6) is 1.23. The van der Waals surface area contributed by atoms with Gasteiger partial charge < -0.3 is 0 Å². The van der Waals surface area contributed by atoms with Gasteiger partial charge in [0, 0.05) is 11.3 Å². The fourth-order valence-corrected chi connectivity index (χ4v) is 2.28. The number of thioether (sulfide) groups is 1. The molecule has 2 heterocycles. The fourth-order valence-electron chi connectivity index (χ4n) is 1.26. The van der Waals surface area contributed by atoms with Gasteiger partial charge in [0.25, 0.3) is 0 Å². The summed E-state index contributed by atoms with van der Waals surface area (Å²) in [6.07, 6.45) is 2.52. The molecule has 2 nitrogen and oxygen atoms in total. The van der Waals surface area contributed by atoms with Crippen LogP contribution in [0.5, 0.6) is 0 Å². The largest absolute Gasteiger partial charge is 0.281 e. The quantitative estimate of drug-likeness (QED) is 0.616. The normalized spacial score (nSPS) is 16.9. The Morgan fingerprint density at radius 1 is 1.60 bits per heavy atom. The minimum absolute atomic E-state index is 1.21. The fraction of sp³-hybridized carbons (Fsp3) is 0.571. The second kappa shape index (κ2) is 2.31. The van der Waals surface area contributed by atoms with Gasteiger partial charge in [0.15, 0.2) is 0 Å². The molecule has 0 unspecified atom stereocenters. The highest BCUT2D eigenvalue weighted by Crippen LogP contribution is 2.29. The van der Waals surface area contributed by atoms with E-state index in [1.54, 1.807) is 0 Å². The molecule has 2 rings (SSSR count). The molecule has 0 amide bonds. The predicted octanol–water partition coefficient (Wildman–Crippen LogP) is 1.76. The zero-order valence-corrected chi connectivity index (χ0v) is 6.79. The van der Waals surface area contributed by atoms with Crippen molar-refractivity contribution < 1.29 is 0 Å². The third-order valence-corrected chi connectivity index (χ3v) is 2.95. The van der Waals surface area contributed by atoms with Crippen LogP contribution in [-0.4, -0.2) is 16.0 Å². The molecule has 1 aliphatic heterocycles. The van der Waals surface area contributed by atoms with Crippen LogP contribution in [0.3, 0.4) is 0 Å². The van der Waals surface area contributed by atoms with Crippen LogP contribution >= 0.6 is 11.8 Å². The highest BCUT2D eigenvalue weighted by Gasteiger charge is 2.14. The van der Waals surface area contributed by atoms with Gasteiger partial charge >= 0.3 is 0 Å². The van der Waals surface area contributed by atoms with Gasteiger partial charge in [-0.3, -0.25) is 5.10 Å². The van der Waals surface area contributed by atoms with Crippen molar-refractivity contribution in [2.75, 3.05) is 5.75 Å². The molecule has 0 spiro atoms. The van der Waals surface area contributed by atoms with E-state index >= 15 is 0 Å². The SMILES string of the molecule is Cc1[nH]nc2c1CCCS2. The Hall–Kier alpha value is -0.440. The number of hydrogen-bond acceptors (Lipinski definition) is 2. The molecule has 1 N–H and O–H groups in total. The summed E-state index contributed by atoms with van der Waals surface area (Å²) in [6.45, 7) is 2.09. The molecular weight excluding hydrogens is 144 g/mol. The third-order valence-electron chi connectivity index (χ3n) is 1.85. The van der Waals surface area contributed by atoms with Gasteiger partial charge in [0.2, 0.25) is 0 Å². The average molecular weight is 154 g/mol. The number of hydrogen-bond donors (Lipinski definition) is 1. The Labute approximate surface area is 64.4 Å². The highest BCUT2D eigenvalue weighted by molar-refractivity contribution is 7.99. The summed E-state index contributed by atoms with van der Waals surface area (Å²) >= 11 is 1.87. The van der Waals surface area contributed by atoms with Crippen LogP contribution < -0.4 is 0 Å². The molecule has 0 saturated heterocycles. The van der Waals surface area contributed by atoms with Gasteiger partial charge in [0.05, 0.1) is 0 Å². The van der Waals surface area contributed by atoms with Crippen molar-refractivity contribution >= 4 is 11.8 Å². The van der Waals surface area contributed by atoms with Crippen LogP contribution in [0.4, 0.5) is 0 Å². The Kier molecular flexibility index (Phi) is 1.45. The maximum Gasteiger partial charge on any atom is 0.121 e. The molecule has 0 radical (unpaired) electrons. The summed E-state index contributed by atoms with van der Waals surface area (Å²) < 4.78 is 0. The van der Waals surface area contributed by atoms with E-state index in [1.165, 1.54) is 34.9 Å². The minimum Gasteiger partial charge on any atom is -0.281 e. The first-order valence-electron chi connectivity index (χ1n) is 3.54. The van der Waals surface area contributed by atoms with Crippen LogP contribution in [0.25, 0.3) is 0 Å². The molecule has 3 heteroatoms. The Morgan fingerprint density at radius 3 is 3.30 bits per heavy atom. The Balaban J connectivity index is 2.45. The standard InChI is InChI=1S/C7H10N2S/c1-5-6-3-2-4-10-7(6)9-8-5/h2-4H2,1H3,(H,8,9). The molecule has 10 heavy (non-hydrogen) atoms. The number of H-pyrrole nitrogens is 1. The molecule has 0 saturated carbocycles. The van der Waals surface area contributed by atoms with Crippen molar-refractivity contribution in [3.63, 3.8) is 0 Å². The summed E-state index contributed by atoms with van der Waals surface area (Å²) in [6, 6.07) is 0. The van der Waals surface area contributed by atoms with Crippen LogP contribution in [-0.2, 0) is 6.42 Å². The average Bonchev–Trinajstić information content (AvgIpc) is 2.34. The summed E-state index contributed by atoms with van der Waals surface area (Å²) in [5.41, 5.74) is 2.69. The lowest BCUT2D eigenvalue weighted by molar-refractivity contribution is 0.872. The van der Waals surface area contributed by atoms with Crippen LogP contribution in [0.1, 0.15) is 17.7 Å².